The Morgan fingerprint density at radius 2 is 1.73 bits per heavy atom. The van der Waals surface area contributed by atoms with Crippen LogP contribution in [-0.2, 0) is 17.9 Å². The van der Waals surface area contributed by atoms with Gasteiger partial charge in [-0.2, -0.15) is 0 Å². The third kappa shape index (κ3) is 6.07. The van der Waals surface area contributed by atoms with Gasteiger partial charge in [0.05, 0.1) is 12.1 Å². The van der Waals surface area contributed by atoms with Crippen molar-refractivity contribution in [2.24, 2.45) is 11.7 Å². The predicted molar refractivity (Wildman–Crippen MR) is 136 cm³/mol. The van der Waals surface area contributed by atoms with Crippen LogP contribution in [0.1, 0.15) is 25.2 Å². The van der Waals surface area contributed by atoms with Gasteiger partial charge in [-0.3, -0.25) is 14.6 Å². The number of hydrogen-bond acceptors (Lipinski definition) is 6. The molecule has 1 amide bonds. The number of piperazine rings is 1. The van der Waals surface area contributed by atoms with Crippen LogP contribution in [0.25, 0.3) is 10.9 Å². The SMILES string of the molecule is CC(C)[C@H](Nc1nc(CN2CCN(Cc3cccc(Br)c3)CC2)nc2ccccc12)C(N)=O. The lowest BCUT2D eigenvalue weighted by atomic mass is 10.0. The fraction of sp³-hybridized carbons (Fsp3) is 0.400. The molecule has 8 heteroatoms. The Bertz CT molecular complexity index is 1110. The number of anilines is 1. The lowest BCUT2D eigenvalue weighted by Crippen LogP contribution is -2.45. The molecule has 3 N–H and O–H groups in total. The molecule has 1 aliphatic heterocycles. The van der Waals surface area contributed by atoms with Crippen molar-refractivity contribution in [1.29, 1.82) is 0 Å². The van der Waals surface area contributed by atoms with Gasteiger partial charge in [0.2, 0.25) is 5.91 Å². The van der Waals surface area contributed by atoms with Gasteiger partial charge in [-0.15, -0.1) is 0 Å². The zero-order chi connectivity index (χ0) is 23.4. The highest BCUT2D eigenvalue weighted by molar-refractivity contribution is 9.10. The van der Waals surface area contributed by atoms with Gasteiger partial charge in [0, 0.05) is 42.6 Å². The summed E-state index contributed by atoms with van der Waals surface area (Å²) in [6.45, 7) is 9.50. The third-order valence-corrected chi connectivity index (χ3v) is 6.53. The van der Waals surface area contributed by atoms with Gasteiger partial charge in [-0.05, 0) is 35.7 Å². The molecule has 1 aromatic heterocycles. The van der Waals surface area contributed by atoms with Crippen LogP contribution >= 0.6 is 15.9 Å². The molecule has 7 nitrogen and oxygen atoms in total. The second-order valence-electron chi connectivity index (χ2n) is 8.96. The van der Waals surface area contributed by atoms with Crippen LogP contribution in [0.2, 0.25) is 0 Å². The Morgan fingerprint density at radius 3 is 2.39 bits per heavy atom. The van der Waals surface area contributed by atoms with Gasteiger partial charge in [-0.1, -0.05) is 54.0 Å². The maximum absolute atomic E-state index is 12.0. The Hall–Kier alpha value is -2.55. The number of benzene rings is 2. The zero-order valence-electron chi connectivity index (χ0n) is 19.2. The number of fused-ring (bicyclic) bond motifs is 1. The monoisotopic (exact) mass is 510 g/mol. The summed E-state index contributed by atoms with van der Waals surface area (Å²) in [6.07, 6.45) is 0. The largest absolute Gasteiger partial charge is 0.368 e. The number of primary amides is 1. The van der Waals surface area contributed by atoms with Gasteiger partial charge >= 0.3 is 0 Å². The second kappa shape index (κ2) is 10.6. The van der Waals surface area contributed by atoms with Crippen LogP contribution in [0.3, 0.4) is 0 Å². The van der Waals surface area contributed by atoms with E-state index in [0.717, 1.165) is 53.9 Å². The van der Waals surface area contributed by atoms with E-state index in [2.05, 4.69) is 55.3 Å². The van der Waals surface area contributed by atoms with E-state index in [1.165, 1.54) is 5.56 Å². The first-order chi connectivity index (χ1) is 15.9. The molecule has 0 bridgehead atoms. The molecule has 0 radical (unpaired) electrons. The number of para-hydroxylation sites is 1. The van der Waals surface area contributed by atoms with Crippen molar-refractivity contribution in [1.82, 2.24) is 19.8 Å². The molecule has 3 aromatic rings. The standard InChI is InChI=1S/C25H31BrN6O/c1-17(2)23(24(27)33)30-25-20-8-3-4-9-21(20)28-22(29-25)16-32-12-10-31(11-13-32)15-18-6-5-7-19(26)14-18/h3-9,14,17,23H,10-13,15-16H2,1-2H3,(H2,27,33)(H,28,29,30)/t23-/m0/s1. The first-order valence-corrected chi connectivity index (χ1v) is 12.2. The molecule has 0 aliphatic carbocycles. The molecular formula is C25H31BrN6O. The molecule has 33 heavy (non-hydrogen) atoms. The highest BCUT2D eigenvalue weighted by Crippen LogP contribution is 2.23. The van der Waals surface area contributed by atoms with Gasteiger partial charge < -0.3 is 11.1 Å². The Morgan fingerprint density at radius 1 is 1.03 bits per heavy atom. The molecule has 1 fully saturated rings. The van der Waals surface area contributed by atoms with E-state index in [0.29, 0.717) is 12.4 Å². The lowest BCUT2D eigenvalue weighted by molar-refractivity contribution is -0.119. The summed E-state index contributed by atoms with van der Waals surface area (Å²) >= 11 is 3.56. The zero-order valence-corrected chi connectivity index (χ0v) is 20.8. The third-order valence-electron chi connectivity index (χ3n) is 6.04. The maximum atomic E-state index is 12.0. The molecule has 0 spiro atoms. The second-order valence-corrected chi connectivity index (χ2v) is 9.87. The molecule has 0 saturated carbocycles. The number of nitrogens with one attached hydrogen (secondary N) is 1. The number of aromatic nitrogens is 2. The minimum absolute atomic E-state index is 0.0537. The number of carbonyl (C=O) groups is 1. The number of hydrogen-bond donors (Lipinski definition) is 2. The fourth-order valence-corrected chi connectivity index (χ4v) is 4.66. The van der Waals surface area contributed by atoms with Crippen molar-refractivity contribution < 1.29 is 4.79 Å². The number of halogens is 1. The minimum Gasteiger partial charge on any atom is -0.368 e. The Labute approximate surface area is 203 Å². The quantitative estimate of drug-likeness (QED) is 0.481. The molecular weight excluding hydrogens is 480 g/mol. The van der Waals surface area contributed by atoms with E-state index >= 15 is 0 Å². The summed E-state index contributed by atoms with van der Waals surface area (Å²) in [6, 6.07) is 15.9. The number of carbonyl (C=O) groups excluding carboxylic acids is 1. The lowest BCUT2D eigenvalue weighted by Gasteiger charge is -2.34. The number of nitrogens with zero attached hydrogens (tertiary/aromatic N) is 4. The normalized spacial score (nSPS) is 16.2. The van der Waals surface area contributed by atoms with E-state index in [1.807, 2.05) is 38.1 Å². The minimum atomic E-state index is -0.488. The number of rotatable bonds is 8. The molecule has 2 aromatic carbocycles. The van der Waals surface area contributed by atoms with Gasteiger partial charge in [0.25, 0.3) is 0 Å². The van der Waals surface area contributed by atoms with Crippen molar-refractivity contribution >= 4 is 38.6 Å². The molecule has 4 rings (SSSR count). The van der Waals surface area contributed by atoms with E-state index in [1.54, 1.807) is 0 Å². The first-order valence-electron chi connectivity index (χ1n) is 11.4. The van der Waals surface area contributed by atoms with Crippen molar-refractivity contribution in [2.45, 2.75) is 33.0 Å². The molecule has 1 aliphatic rings. The van der Waals surface area contributed by atoms with Crippen LogP contribution < -0.4 is 11.1 Å². The van der Waals surface area contributed by atoms with Crippen molar-refractivity contribution in [3.63, 3.8) is 0 Å². The van der Waals surface area contributed by atoms with E-state index in [-0.39, 0.29) is 11.8 Å². The van der Waals surface area contributed by atoms with Gasteiger partial charge in [0.15, 0.2) is 0 Å². The van der Waals surface area contributed by atoms with Crippen LogP contribution in [0, 0.1) is 5.92 Å². The maximum Gasteiger partial charge on any atom is 0.240 e. The predicted octanol–water partition coefficient (Wildman–Crippen LogP) is 3.63. The van der Waals surface area contributed by atoms with Crippen LogP contribution in [-0.4, -0.2) is 57.9 Å². The molecule has 1 saturated heterocycles. The molecule has 0 unspecified atom stereocenters. The molecule has 174 valence electrons. The molecule has 2 heterocycles. The summed E-state index contributed by atoms with van der Waals surface area (Å²) in [7, 11) is 0. The first kappa shape index (κ1) is 23.6. The number of nitrogens with two attached hydrogens (primary N) is 1. The Balaban J connectivity index is 1.45. The summed E-state index contributed by atoms with van der Waals surface area (Å²) < 4.78 is 1.12. The van der Waals surface area contributed by atoms with E-state index in [4.69, 9.17) is 15.7 Å². The summed E-state index contributed by atoms with van der Waals surface area (Å²) in [5.41, 5.74) is 7.82. The highest BCUT2D eigenvalue weighted by Gasteiger charge is 2.22. The van der Waals surface area contributed by atoms with Crippen molar-refractivity contribution in [3.8, 4) is 0 Å². The van der Waals surface area contributed by atoms with Crippen molar-refractivity contribution in [3.05, 3.63) is 64.4 Å². The van der Waals surface area contributed by atoms with Crippen LogP contribution in [0.4, 0.5) is 5.82 Å². The number of amides is 1. The summed E-state index contributed by atoms with van der Waals surface area (Å²) in [4.78, 5) is 26.4. The average Bonchev–Trinajstić information content (AvgIpc) is 2.78. The smallest absolute Gasteiger partial charge is 0.240 e. The van der Waals surface area contributed by atoms with Crippen molar-refractivity contribution in [2.75, 3.05) is 31.5 Å². The average molecular weight is 511 g/mol. The van der Waals surface area contributed by atoms with E-state index < -0.39 is 6.04 Å². The van der Waals surface area contributed by atoms with E-state index in [9.17, 15) is 4.79 Å². The van der Waals surface area contributed by atoms with Gasteiger partial charge in [0.1, 0.15) is 17.7 Å². The fourth-order valence-electron chi connectivity index (χ4n) is 4.22. The summed E-state index contributed by atoms with van der Waals surface area (Å²) in [5.74, 6) is 1.10. The Kier molecular flexibility index (Phi) is 7.57. The van der Waals surface area contributed by atoms with Gasteiger partial charge in [-0.25, -0.2) is 9.97 Å². The van der Waals surface area contributed by atoms with Crippen LogP contribution in [0.15, 0.2) is 53.0 Å². The topological polar surface area (TPSA) is 87.4 Å². The molecule has 1 atom stereocenters. The summed E-state index contributed by atoms with van der Waals surface area (Å²) in [5, 5.41) is 4.18. The highest BCUT2D eigenvalue weighted by atomic mass is 79.9. The van der Waals surface area contributed by atoms with Crippen LogP contribution in [0.5, 0.6) is 0 Å².